The Bertz CT molecular complexity index is 1320. The Morgan fingerprint density at radius 1 is 0.939 bits per heavy atom. The maximum absolute atomic E-state index is 4.38. The molecule has 0 unspecified atom stereocenters. The van der Waals surface area contributed by atoms with Crippen LogP contribution in [0.4, 0.5) is 17.1 Å². The molecule has 1 heterocycles. The third-order valence-electron chi connectivity index (χ3n) is 5.19. The molecule has 168 valence electrons. The lowest BCUT2D eigenvalue weighted by atomic mass is 10.2. The second-order valence-corrected chi connectivity index (χ2v) is 9.13. The standard InChI is InChI=1S/C25H25BrN6S/c1-3-32(17-16-26)22-14-12-21(13-15-22)29-28-20-10-8-19(9-11-20)18-27-30-25-31(2)23-6-4-5-7-24(23)33-25/h4-15,18H,3,16-17H2,1-2H3/b27-18?,29-28?,30-25-. The van der Waals surface area contributed by atoms with Crippen LogP contribution in [0.3, 0.4) is 0 Å². The predicted octanol–water partition coefficient (Wildman–Crippen LogP) is 6.81. The molecule has 0 aliphatic heterocycles. The Kier molecular flexibility index (Phi) is 7.80. The van der Waals surface area contributed by atoms with E-state index in [1.165, 1.54) is 10.4 Å². The number of hydrogen-bond donors (Lipinski definition) is 0. The topological polar surface area (TPSA) is 57.6 Å². The Balaban J connectivity index is 1.41. The zero-order valence-corrected chi connectivity index (χ0v) is 21.0. The number of azo groups is 1. The van der Waals surface area contributed by atoms with E-state index < -0.39 is 0 Å². The summed E-state index contributed by atoms with van der Waals surface area (Å²) in [5, 5.41) is 18.3. The van der Waals surface area contributed by atoms with Gasteiger partial charge in [0.2, 0.25) is 4.80 Å². The minimum absolute atomic E-state index is 0.790. The molecule has 0 spiro atoms. The van der Waals surface area contributed by atoms with Gasteiger partial charge in [0.25, 0.3) is 0 Å². The van der Waals surface area contributed by atoms with Gasteiger partial charge in [-0.2, -0.15) is 15.3 Å². The van der Waals surface area contributed by atoms with Crippen LogP contribution in [0.5, 0.6) is 0 Å². The number of alkyl halides is 1. The summed E-state index contributed by atoms with van der Waals surface area (Å²) in [7, 11) is 2.00. The molecule has 0 N–H and O–H groups in total. The molecule has 0 aliphatic rings. The number of fused-ring (bicyclic) bond motifs is 1. The van der Waals surface area contributed by atoms with Gasteiger partial charge >= 0.3 is 0 Å². The van der Waals surface area contributed by atoms with E-state index in [2.05, 4.69) is 77.0 Å². The van der Waals surface area contributed by atoms with Crippen LogP contribution in [0, 0.1) is 0 Å². The first-order chi connectivity index (χ1) is 16.2. The van der Waals surface area contributed by atoms with Gasteiger partial charge in [-0.3, -0.25) is 0 Å². The fraction of sp³-hybridized carbons (Fsp3) is 0.200. The maximum atomic E-state index is 4.38. The molecule has 3 aromatic carbocycles. The van der Waals surface area contributed by atoms with Gasteiger partial charge in [0.05, 0.1) is 27.8 Å². The molecule has 0 fully saturated rings. The van der Waals surface area contributed by atoms with Crippen LogP contribution in [0.15, 0.2) is 93.2 Å². The van der Waals surface area contributed by atoms with E-state index >= 15 is 0 Å². The van der Waals surface area contributed by atoms with Crippen molar-refractivity contribution in [3.05, 3.63) is 83.2 Å². The quantitative estimate of drug-likeness (QED) is 0.109. The molecule has 33 heavy (non-hydrogen) atoms. The van der Waals surface area contributed by atoms with Crippen molar-refractivity contribution < 1.29 is 0 Å². The summed E-state index contributed by atoms with van der Waals surface area (Å²) in [6, 6.07) is 24.2. The predicted molar refractivity (Wildman–Crippen MR) is 143 cm³/mol. The number of aryl methyl sites for hydroxylation is 1. The van der Waals surface area contributed by atoms with Crippen molar-refractivity contribution in [3.63, 3.8) is 0 Å². The highest BCUT2D eigenvalue weighted by Gasteiger charge is 2.03. The highest BCUT2D eigenvalue weighted by molar-refractivity contribution is 9.09. The normalized spacial score (nSPS) is 12.4. The lowest BCUT2D eigenvalue weighted by Crippen LogP contribution is -2.24. The van der Waals surface area contributed by atoms with E-state index in [-0.39, 0.29) is 0 Å². The Hall–Kier alpha value is -3.10. The van der Waals surface area contributed by atoms with Gasteiger partial charge in [0.15, 0.2) is 0 Å². The van der Waals surface area contributed by atoms with Gasteiger partial charge < -0.3 is 9.47 Å². The van der Waals surface area contributed by atoms with E-state index in [1.54, 1.807) is 17.6 Å². The monoisotopic (exact) mass is 520 g/mol. The number of hydrogen-bond acceptors (Lipinski definition) is 6. The molecule has 0 saturated carbocycles. The van der Waals surface area contributed by atoms with Crippen molar-refractivity contribution in [2.45, 2.75) is 6.92 Å². The Labute approximate surface area is 205 Å². The molecule has 0 aliphatic carbocycles. The largest absolute Gasteiger partial charge is 0.371 e. The zero-order valence-electron chi connectivity index (χ0n) is 18.6. The fourth-order valence-electron chi connectivity index (χ4n) is 3.37. The second-order valence-electron chi connectivity index (χ2n) is 7.33. The van der Waals surface area contributed by atoms with Crippen LogP contribution in [0.25, 0.3) is 10.2 Å². The van der Waals surface area contributed by atoms with Gasteiger partial charge in [-0.15, -0.1) is 5.10 Å². The van der Waals surface area contributed by atoms with Crippen LogP contribution in [0.1, 0.15) is 12.5 Å². The molecule has 8 heteroatoms. The second kappa shape index (κ2) is 11.2. The summed E-state index contributed by atoms with van der Waals surface area (Å²) in [5.74, 6) is 0. The fourth-order valence-corrected chi connectivity index (χ4v) is 4.77. The number of benzene rings is 3. The SMILES string of the molecule is CCN(CCBr)c1ccc(N=Nc2ccc(C=N/N=c3\sc4ccccc4n3C)cc2)cc1. The number of halogens is 1. The molecular weight excluding hydrogens is 496 g/mol. The molecule has 1 aromatic heterocycles. The maximum Gasteiger partial charge on any atom is 0.211 e. The van der Waals surface area contributed by atoms with Gasteiger partial charge in [0, 0.05) is 31.2 Å². The highest BCUT2D eigenvalue weighted by Crippen LogP contribution is 2.22. The molecule has 4 aromatic rings. The number of rotatable bonds is 8. The first-order valence-corrected chi connectivity index (χ1v) is 12.7. The highest BCUT2D eigenvalue weighted by atomic mass is 79.9. The molecule has 0 radical (unpaired) electrons. The average molecular weight is 521 g/mol. The van der Waals surface area contributed by atoms with E-state index in [1.807, 2.05) is 55.6 Å². The number of para-hydroxylation sites is 1. The lowest BCUT2D eigenvalue weighted by Gasteiger charge is -2.21. The van der Waals surface area contributed by atoms with Gasteiger partial charge in [0.1, 0.15) is 0 Å². The number of anilines is 1. The van der Waals surface area contributed by atoms with Gasteiger partial charge in [-0.05, 0) is 61.0 Å². The van der Waals surface area contributed by atoms with E-state index in [0.717, 1.165) is 45.7 Å². The van der Waals surface area contributed by atoms with Crippen molar-refractivity contribution in [1.82, 2.24) is 4.57 Å². The van der Waals surface area contributed by atoms with E-state index in [0.29, 0.717) is 0 Å². The van der Waals surface area contributed by atoms with Crippen LogP contribution >= 0.6 is 27.3 Å². The van der Waals surface area contributed by atoms with Crippen molar-refractivity contribution >= 4 is 60.8 Å². The summed E-state index contributed by atoms with van der Waals surface area (Å²) in [5.41, 5.74) is 4.92. The molecule has 0 saturated heterocycles. The van der Waals surface area contributed by atoms with E-state index in [9.17, 15) is 0 Å². The summed E-state index contributed by atoms with van der Waals surface area (Å²) in [6.07, 6.45) is 1.75. The van der Waals surface area contributed by atoms with Crippen molar-refractivity contribution in [1.29, 1.82) is 0 Å². The van der Waals surface area contributed by atoms with Crippen LogP contribution in [-0.4, -0.2) is 29.2 Å². The van der Waals surface area contributed by atoms with Crippen LogP contribution in [-0.2, 0) is 7.05 Å². The molecule has 0 amide bonds. The third kappa shape index (κ3) is 5.83. The molecule has 4 rings (SSSR count). The molecule has 0 atom stereocenters. The van der Waals surface area contributed by atoms with Crippen molar-refractivity contribution in [2.24, 2.45) is 27.5 Å². The zero-order chi connectivity index (χ0) is 23.0. The summed E-state index contributed by atoms with van der Waals surface area (Å²) < 4.78 is 3.24. The minimum Gasteiger partial charge on any atom is -0.371 e. The summed E-state index contributed by atoms with van der Waals surface area (Å²) in [6.45, 7) is 4.10. The van der Waals surface area contributed by atoms with Gasteiger partial charge in [-0.25, -0.2) is 0 Å². The van der Waals surface area contributed by atoms with Gasteiger partial charge in [-0.1, -0.05) is 51.5 Å². The summed E-state index contributed by atoms with van der Waals surface area (Å²) in [4.78, 5) is 3.17. The van der Waals surface area contributed by atoms with Crippen molar-refractivity contribution in [3.8, 4) is 0 Å². The third-order valence-corrected chi connectivity index (χ3v) is 6.65. The van der Waals surface area contributed by atoms with E-state index in [4.69, 9.17) is 0 Å². The van der Waals surface area contributed by atoms with Crippen LogP contribution < -0.4 is 9.70 Å². The molecule has 0 bridgehead atoms. The smallest absolute Gasteiger partial charge is 0.211 e. The molecular formula is C25H25BrN6S. The number of nitrogens with zero attached hydrogens (tertiary/aromatic N) is 6. The number of aromatic nitrogens is 1. The molecule has 6 nitrogen and oxygen atoms in total. The number of thiazole rings is 1. The Morgan fingerprint density at radius 3 is 2.24 bits per heavy atom. The first kappa shape index (κ1) is 23.1. The summed E-state index contributed by atoms with van der Waals surface area (Å²) >= 11 is 5.13. The van der Waals surface area contributed by atoms with Crippen molar-refractivity contribution in [2.75, 3.05) is 23.3 Å². The minimum atomic E-state index is 0.790. The average Bonchev–Trinajstić information content (AvgIpc) is 3.18. The lowest BCUT2D eigenvalue weighted by molar-refractivity contribution is 0.875. The Morgan fingerprint density at radius 2 is 1.61 bits per heavy atom. The first-order valence-electron chi connectivity index (χ1n) is 10.7. The van der Waals surface area contributed by atoms with Crippen LogP contribution in [0.2, 0.25) is 0 Å².